The molecule has 0 unspecified atom stereocenters. The number of nitriles is 1. The van der Waals surface area contributed by atoms with Gasteiger partial charge in [0.2, 0.25) is 0 Å². The van der Waals surface area contributed by atoms with Crippen molar-refractivity contribution in [2.24, 2.45) is 0 Å². The molecular formula is C9H7ClFNO. The number of rotatable bonds is 1. The van der Waals surface area contributed by atoms with Crippen LogP contribution >= 0.6 is 11.6 Å². The Balaban J connectivity index is 3.34. The van der Waals surface area contributed by atoms with Crippen LogP contribution in [0.4, 0.5) is 4.39 Å². The largest absolute Gasteiger partial charge is 0.504 e. The Bertz CT molecular complexity index is 384. The molecule has 0 saturated carbocycles. The number of phenolic OH excluding ortho intramolecular Hbond substituents is 1. The second-order valence-corrected chi connectivity index (χ2v) is 3.04. The minimum Gasteiger partial charge on any atom is -0.504 e. The number of phenols is 1. The molecular weight excluding hydrogens is 193 g/mol. The van der Waals surface area contributed by atoms with E-state index in [9.17, 15) is 9.50 Å². The van der Waals surface area contributed by atoms with E-state index in [4.69, 9.17) is 16.9 Å². The Morgan fingerprint density at radius 1 is 1.69 bits per heavy atom. The van der Waals surface area contributed by atoms with E-state index in [0.29, 0.717) is 5.56 Å². The summed E-state index contributed by atoms with van der Waals surface area (Å²) in [6.07, 6.45) is -0.0720. The number of halogens is 2. The molecule has 0 amide bonds. The Hall–Kier alpha value is -1.27. The van der Waals surface area contributed by atoms with Gasteiger partial charge >= 0.3 is 0 Å². The number of aryl methyl sites for hydroxylation is 1. The summed E-state index contributed by atoms with van der Waals surface area (Å²) in [5, 5.41) is 17.5. The van der Waals surface area contributed by atoms with E-state index in [0.717, 1.165) is 0 Å². The molecule has 13 heavy (non-hydrogen) atoms. The summed E-state index contributed by atoms with van der Waals surface area (Å²) in [7, 11) is 0. The van der Waals surface area contributed by atoms with Gasteiger partial charge in [0.25, 0.3) is 0 Å². The topological polar surface area (TPSA) is 44.0 Å². The Kier molecular flexibility index (Phi) is 2.74. The zero-order valence-electron chi connectivity index (χ0n) is 6.93. The number of hydrogen-bond acceptors (Lipinski definition) is 2. The highest BCUT2D eigenvalue weighted by atomic mass is 35.5. The predicted molar refractivity (Wildman–Crippen MR) is 47.1 cm³/mol. The van der Waals surface area contributed by atoms with Crippen LogP contribution in [0.25, 0.3) is 0 Å². The van der Waals surface area contributed by atoms with E-state index in [-0.39, 0.29) is 17.0 Å². The molecule has 4 heteroatoms. The van der Waals surface area contributed by atoms with E-state index in [1.165, 1.54) is 6.07 Å². The molecule has 1 aromatic carbocycles. The summed E-state index contributed by atoms with van der Waals surface area (Å²) in [6.45, 7) is 1.64. The van der Waals surface area contributed by atoms with Crippen LogP contribution in [-0.4, -0.2) is 5.11 Å². The van der Waals surface area contributed by atoms with Gasteiger partial charge in [-0.1, -0.05) is 17.7 Å². The summed E-state index contributed by atoms with van der Waals surface area (Å²) >= 11 is 5.58. The van der Waals surface area contributed by atoms with Gasteiger partial charge in [0.05, 0.1) is 17.5 Å². The van der Waals surface area contributed by atoms with E-state index < -0.39 is 11.6 Å². The molecule has 0 radical (unpaired) electrons. The maximum atomic E-state index is 13.1. The molecule has 0 aliphatic carbocycles. The fourth-order valence-electron chi connectivity index (χ4n) is 1.04. The highest BCUT2D eigenvalue weighted by Gasteiger charge is 2.13. The number of nitrogens with zero attached hydrogens (tertiary/aromatic N) is 1. The van der Waals surface area contributed by atoms with Crippen molar-refractivity contribution in [2.45, 2.75) is 13.3 Å². The summed E-state index contributed by atoms with van der Waals surface area (Å²) < 4.78 is 13.1. The Morgan fingerprint density at radius 2 is 2.31 bits per heavy atom. The summed E-state index contributed by atoms with van der Waals surface area (Å²) in [5.74, 6) is -1.39. The first-order valence-corrected chi connectivity index (χ1v) is 3.99. The fraction of sp³-hybridized carbons (Fsp3) is 0.222. The normalized spacial score (nSPS) is 9.69. The van der Waals surface area contributed by atoms with Gasteiger partial charge < -0.3 is 5.11 Å². The van der Waals surface area contributed by atoms with Crippen molar-refractivity contribution in [3.8, 4) is 11.8 Å². The van der Waals surface area contributed by atoms with Crippen molar-refractivity contribution in [1.82, 2.24) is 0 Å². The van der Waals surface area contributed by atoms with Crippen molar-refractivity contribution in [3.63, 3.8) is 0 Å². The average Bonchev–Trinajstić information content (AvgIpc) is 2.11. The monoisotopic (exact) mass is 199 g/mol. The third kappa shape index (κ3) is 1.73. The summed E-state index contributed by atoms with van der Waals surface area (Å²) in [6, 6.07) is 3.26. The predicted octanol–water partition coefficient (Wildman–Crippen LogP) is 2.56. The van der Waals surface area contributed by atoms with Crippen LogP contribution in [0, 0.1) is 24.1 Å². The van der Waals surface area contributed by atoms with E-state index in [2.05, 4.69) is 0 Å². The molecule has 1 rings (SSSR count). The second kappa shape index (κ2) is 3.63. The average molecular weight is 200 g/mol. The SMILES string of the molecule is Cc1cc(CC#N)c(F)c(O)c1Cl. The highest BCUT2D eigenvalue weighted by molar-refractivity contribution is 6.32. The van der Waals surface area contributed by atoms with Gasteiger partial charge in [0.15, 0.2) is 11.6 Å². The van der Waals surface area contributed by atoms with E-state index in [1.54, 1.807) is 13.0 Å². The van der Waals surface area contributed by atoms with E-state index >= 15 is 0 Å². The molecule has 0 spiro atoms. The van der Waals surface area contributed by atoms with Crippen LogP contribution in [0.2, 0.25) is 5.02 Å². The third-order valence-electron chi connectivity index (χ3n) is 1.70. The van der Waals surface area contributed by atoms with E-state index in [1.807, 2.05) is 0 Å². The van der Waals surface area contributed by atoms with Crippen molar-refractivity contribution in [2.75, 3.05) is 0 Å². The Morgan fingerprint density at radius 3 is 2.85 bits per heavy atom. The quantitative estimate of drug-likeness (QED) is 0.756. The van der Waals surface area contributed by atoms with Gasteiger partial charge in [-0.2, -0.15) is 5.26 Å². The first-order chi connectivity index (χ1) is 6.07. The summed E-state index contributed by atoms with van der Waals surface area (Å²) in [4.78, 5) is 0. The molecule has 68 valence electrons. The molecule has 0 saturated heterocycles. The van der Waals surface area contributed by atoms with Crippen molar-refractivity contribution >= 4 is 11.6 Å². The maximum Gasteiger partial charge on any atom is 0.170 e. The molecule has 0 bridgehead atoms. The Labute approximate surface area is 80.2 Å². The van der Waals surface area contributed by atoms with Crippen LogP contribution in [0.15, 0.2) is 6.07 Å². The third-order valence-corrected chi connectivity index (χ3v) is 2.18. The molecule has 0 aromatic heterocycles. The minimum absolute atomic E-state index is 0.000750. The second-order valence-electron chi connectivity index (χ2n) is 2.66. The number of benzene rings is 1. The van der Waals surface area contributed by atoms with Crippen LogP contribution in [0.3, 0.4) is 0 Å². The molecule has 0 aliphatic rings. The molecule has 1 aromatic rings. The molecule has 0 fully saturated rings. The van der Waals surface area contributed by atoms with Gasteiger partial charge in [0, 0.05) is 5.56 Å². The molecule has 0 heterocycles. The minimum atomic E-state index is -0.808. The molecule has 2 nitrogen and oxygen atoms in total. The van der Waals surface area contributed by atoms with Gasteiger partial charge in [-0.3, -0.25) is 0 Å². The van der Waals surface area contributed by atoms with Crippen molar-refractivity contribution < 1.29 is 9.50 Å². The number of aromatic hydroxyl groups is 1. The van der Waals surface area contributed by atoms with Crippen molar-refractivity contribution in [3.05, 3.63) is 28.0 Å². The lowest BCUT2D eigenvalue weighted by atomic mass is 10.1. The van der Waals surface area contributed by atoms with Gasteiger partial charge in [-0.05, 0) is 12.5 Å². The first kappa shape index (κ1) is 9.82. The zero-order chi connectivity index (χ0) is 10.0. The molecule has 1 N–H and O–H groups in total. The standard InChI is InChI=1S/C9H7ClFNO/c1-5-4-6(2-3-12)8(11)9(13)7(5)10/h4,13H,2H2,1H3. The highest BCUT2D eigenvalue weighted by Crippen LogP contribution is 2.32. The smallest absolute Gasteiger partial charge is 0.170 e. The summed E-state index contributed by atoms with van der Waals surface area (Å²) in [5.41, 5.74) is 0.729. The lowest BCUT2D eigenvalue weighted by Gasteiger charge is -2.05. The first-order valence-electron chi connectivity index (χ1n) is 3.61. The molecule has 0 aliphatic heterocycles. The molecule has 0 atom stereocenters. The fourth-order valence-corrected chi connectivity index (χ4v) is 1.17. The van der Waals surface area contributed by atoms with Gasteiger partial charge in [-0.15, -0.1) is 0 Å². The zero-order valence-corrected chi connectivity index (χ0v) is 7.69. The van der Waals surface area contributed by atoms with Crippen molar-refractivity contribution in [1.29, 1.82) is 5.26 Å². The van der Waals surface area contributed by atoms with Gasteiger partial charge in [-0.25, -0.2) is 4.39 Å². The van der Waals surface area contributed by atoms with Gasteiger partial charge in [0.1, 0.15) is 0 Å². The van der Waals surface area contributed by atoms with Crippen LogP contribution in [0.5, 0.6) is 5.75 Å². The lowest BCUT2D eigenvalue weighted by Crippen LogP contribution is -1.92. The lowest BCUT2D eigenvalue weighted by molar-refractivity contribution is 0.429. The number of hydrogen-bond donors (Lipinski definition) is 1. The maximum absolute atomic E-state index is 13.1. The van der Waals surface area contributed by atoms with Crippen LogP contribution < -0.4 is 0 Å². The van der Waals surface area contributed by atoms with Crippen LogP contribution in [-0.2, 0) is 6.42 Å². The van der Waals surface area contributed by atoms with Crippen LogP contribution in [0.1, 0.15) is 11.1 Å².